The van der Waals surface area contributed by atoms with Gasteiger partial charge in [-0.1, -0.05) is 31.0 Å². The molecule has 1 heterocycles. The van der Waals surface area contributed by atoms with Gasteiger partial charge in [-0.2, -0.15) is 4.31 Å². The SMILES string of the molecule is NC(N)=NCCCCCCNC(=O)NC[C@@H](NC(=O)[C@@H]1CCCN1S(=O)(=O)c1ccccc1)C(=O)O. The van der Waals surface area contributed by atoms with Crippen molar-refractivity contribution >= 4 is 33.9 Å². The number of amides is 3. The Morgan fingerprint density at radius 3 is 2.44 bits per heavy atom. The van der Waals surface area contributed by atoms with E-state index in [1.54, 1.807) is 18.2 Å². The summed E-state index contributed by atoms with van der Waals surface area (Å²) < 4.78 is 27.0. The number of nitrogens with two attached hydrogens (primary N) is 2. The van der Waals surface area contributed by atoms with E-state index < -0.39 is 40.0 Å². The van der Waals surface area contributed by atoms with E-state index in [0.29, 0.717) is 19.5 Å². The van der Waals surface area contributed by atoms with Crippen LogP contribution in [0, 0.1) is 0 Å². The third-order valence-electron chi connectivity index (χ3n) is 5.60. The summed E-state index contributed by atoms with van der Waals surface area (Å²) in [7, 11) is -3.91. The normalized spacial score (nSPS) is 16.6. The number of aliphatic carboxylic acids is 1. The number of carboxylic acids is 1. The molecule has 3 amide bonds. The van der Waals surface area contributed by atoms with Gasteiger partial charge in [0.1, 0.15) is 12.1 Å². The van der Waals surface area contributed by atoms with Crippen molar-refractivity contribution < 1.29 is 27.9 Å². The average molecular weight is 526 g/mol. The van der Waals surface area contributed by atoms with Gasteiger partial charge in [0.25, 0.3) is 0 Å². The van der Waals surface area contributed by atoms with Crippen molar-refractivity contribution in [2.75, 3.05) is 26.2 Å². The van der Waals surface area contributed by atoms with Crippen molar-refractivity contribution in [3.63, 3.8) is 0 Å². The molecule has 2 rings (SSSR count). The number of rotatable bonds is 14. The fourth-order valence-corrected chi connectivity index (χ4v) is 5.42. The van der Waals surface area contributed by atoms with Crippen LogP contribution in [0.2, 0.25) is 0 Å². The van der Waals surface area contributed by atoms with Crippen molar-refractivity contribution in [2.45, 2.75) is 55.5 Å². The predicted molar refractivity (Wildman–Crippen MR) is 133 cm³/mol. The summed E-state index contributed by atoms with van der Waals surface area (Å²) in [5.74, 6) is -2.01. The van der Waals surface area contributed by atoms with Gasteiger partial charge in [-0.25, -0.2) is 18.0 Å². The van der Waals surface area contributed by atoms with Crippen LogP contribution in [-0.2, 0) is 19.6 Å². The van der Waals surface area contributed by atoms with Crippen LogP contribution in [-0.4, -0.2) is 80.0 Å². The van der Waals surface area contributed by atoms with Gasteiger partial charge >= 0.3 is 12.0 Å². The Labute approximate surface area is 210 Å². The molecule has 14 heteroatoms. The van der Waals surface area contributed by atoms with Crippen LogP contribution in [0.5, 0.6) is 0 Å². The van der Waals surface area contributed by atoms with Crippen LogP contribution in [0.3, 0.4) is 0 Å². The molecule has 200 valence electrons. The third kappa shape index (κ3) is 9.00. The fourth-order valence-electron chi connectivity index (χ4n) is 3.74. The van der Waals surface area contributed by atoms with Crippen molar-refractivity contribution in [2.24, 2.45) is 16.5 Å². The molecule has 1 aromatic carbocycles. The van der Waals surface area contributed by atoms with Crippen LogP contribution >= 0.6 is 0 Å². The largest absolute Gasteiger partial charge is 0.480 e. The van der Waals surface area contributed by atoms with E-state index in [9.17, 15) is 27.9 Å². The van der Waals surface area contributed by atoms with Gasteiger partial charge in [0.2, 0.25) is 15.9 Å². The molecule has 36 heavy (non-hydrogen) atoms. The highest BCUT2D eigenvalue weighted by Gasteiger charge is 2.40. The van der Waals surface area contributed by atoms with Crippen molar-refractivity contribution in [3.8, 4) is 0 Å². The zero-order valence-electron chi connectivity index (χ0n) is 20.1. The lowest BCUT2D eigenvalue weighted by Crippen LogP contribution is -2.54. The maximum atomic E-state index is 13.0. The van der Waals surface area contributed by atoms with E-state index in [-0.39, 0.29) is 30.4 Å². The summed E-state index contributed by atoms with van der Waals surface area (Å²) in [6, 6.07) is 4.74. The predicted octanol–water partition coefficient (Wildman–Crippen LogP) is -0.458. The van der Waals surface area contributed by atoms with Gasteiger partial charge in [0.05, 0.1) is 11.4 Å². The molecule has 0 bridgehead atoms. The number of benzene rings is 1. The molecule has 2 atom stereocenters. The molecule has 1 fully saturated rings. The number of carbonyl (C=O) groups is 3. The minimum Gasteiger partial charge on any atom is -0.480 e. The molecule has 1 aliphatic heterocycles. The third-order valence-corrected chi connectivity index (χ3v) is 7.52. The smallest absolute Gasteiger partial charge is 0.328 e. The zero-order valence-corrected chi connectivity index (χ0v) is 20.9. The molecule has 0 aromatic heterocycles. The van der Waals surface area contributed by atoms with Gasteiger partial charge in [0, 0.05) is 19.6 Å². The minimum atomic E-state index is -3.91. The summed E-state index contributed by atoms with van der Waals surface area (Å²) in [4.78, 5) is 40.4. The van der Waals surface area contributed by atoms with Crippen LogP contribution in [0.15, 0.2) is 40.2 Å². The number of guanidine groups is 1. The van der Waals surface area contributed by atoms with Gasteiger partial charge < -0.3 is 32.5 Å². The standard InChI is InChI=1S/C22H35N7O6S/c23-21(24)25-12-6-1-2-7-13-26-22(33)27-15-17(20(31)32)28-19(30)18-11-8-14-29(18)36(34,35)16-9-4-3-5-10-16/h3-5,9-10,17-18H,1-2,6-8,11-15H2,(H,28,30)(H,31,32)(H4,23,24,25)(H2,26,27,33)/t17-,18+/m1/s1. The molecular formula is C22H35N7O6S. The summed E-state index contributed by atoms with van der Waals surface area (Å²) in [5, 5.41) is 16.9. The first-order chi connectivity index (χ1) is 17.1. The molecule has 1 aromatic rings. The van der Waals surface area contributed by atoms with Crippen molar-refractivity contribution in [1.82, 2.24) is 20.3 Å². The Bertz CT molecular complexity index is 1010. The lowest BCUT2D eigenvalue weighted by atomic mass is 10.2. The van der Waals surface area contributed by atoms with Gasteiger partial charge in [0.15, 0.2) is 5.96 Å². The summed E-state index contributed by atoms with van der Waals surface area (Å²) in [6.07, 6.45) is 4.04. The average Bonchev–Trinajstić information content (AvgIpc) is 3.34. The summed E-state index contributed by atoms with van der Waals surface area (Å²) in [5.41, 5.74) is 10.5. The number of sulfonamides is 1. The topological polar surface area (TPSA) is 209 Å². The first-order valence-corrected chi connectivity index (χ1v) is 13.2. The summed E-state index contributed by atoms with van der Waals surface area (Å²) in [6.45, 7) is 0.744. The number of hydrogen-bond donors (Lipinski definition) is 6. The molecule has 13 nitrogen and oxygen atoms in total. The van der Waals surface area contributed by atoms with E-state index in [1.807, 2.05) is 0 Å². The van der Waals surface area contributed by atoms with Gasteiger partial charge in [-0.3, -0.25) is 9.79 Å². The molecule has 0 spiro atoms. The lowest BCUT2D eigenvalue weighted by Gasteiger charge is -2.25. The van der Waals surface area contributed by atoms with E-state index in [1.165, 1.54) is 12.1 Å². The first kappa shape index (κ1) is 28.8. The Morgan fingerprint density at radius 2 is 1.78 bits per heavy atom. The molecule has 1 saturated heterocycles. The van der Waals surface area contributed by atoms with E-state index in [2.05, 4.69) is 20.9 Å². The number of urea groups is 1. The lowest BCUT2D eigenvalue weighted by molar-refractivity contribution is -0.142. The second-order valence-electron chi connectivity index (χ2n) is 8.34. The maximum Gasteiger partial charge on any atom is 0.328 e. The Balaban J connectivity index is 1.79. The second kappa shape index (κ2) is 14.2. The highest BCUT2D eigenvalue weighted by molar-refractivity contribution is 7.89. The number of aliphatic imine (C=N–C) groups is 1. The Hall–Kier alpha value is -3.39. The number of carboxylic acid groups (broad SMARTS) is 1. The van der Waals surface area contributed by atoms with Crippen molar-refractivity contribution in [3.05, 3.63) is 30.3 Å². The highest BCUT2D eigenvalue weighted by atomic mass is 32.2. The van der Waals surface area contributed by atoms with Crippen LogP contribution < -0.4 is 27.4 Å². The highest BCUT2D eigenvalue weighted by Crippen LogP contribution is 2.26. The molecule has 0 unspecified atom stereocenters. The van der Waals surface area contributed by atoms with Gasteiger partial charge in [-0.05, 0) is 37.8 Å². The number of unbranched alkanes of at least 4 members (excludes halogenated alkanes) is 3. The zero-order chi connectivity index (χ0) is 26.6. The maximum absolute atomic E-state index is 13.0. The fraction of sp³-hybridized carbons (Fsp3) is 0.545. The second-order valence-corrected chi connectivity index (χ2v) is 10.2. The Morgan fingerprint density at radius 1 is 1.08 bits per heavy atom. The Kier molecular flexibility index (Phi) is 11.4. The quantitative estimate of drug-likeness (QED) is 0.106. The first-order valence-electron chi connectivity index (χ1n) is 11.8. The molecule has 0 radical (unpaired) electrons. The molecule has 8 N–H and O–H groups in total. The number of carbonyl (C=O) groups excluding carboxylic acids is 2. The van der Waals surface area contributed by atoms with Crippen LogP contribution in [0.4, 0.5) is 4.79 Å². The summed E-state index contributed by atoms with van der Waals surface area (Å²) >= 11 is 0. The van der Waals surface area contributed by atoms with Crippen LogP contribution in [0.25, 0.3) is 0 Å². The van der Waals surface area contributed by atoms with E-state index in [0.717, 1.165) is 30.0 Å². The molecule has 0 saturated carbocycles. The monoisotopic (exact) mass is 525 g/mol. The molecule has 1 aliphatic rings. The van der Waals surface area contributed by atoms with Crippen molar-refractivity contribution in [1.29, 1.82) is 0 Å². The molecular weight excluding hydrogens is 490 g/mol. The number of nitrogens with one attached hydrogen (secondary N) is 3. The number of nitrogens with zero attached hydrogens (tertiary/aromatic N) is 2. The number of hydrogen-bond acceptors (Lipinski definition) is 6. The van der Waals surface area contributed by atoms with E-state index >= 15 is 0 Å². The van der Waals surface area contributed by atoms with Gasteiger partial charge in [-0.15, -0.1) is 0 Å². The van der Waals surface area contributed by atoms with E-state index in [4.69, 9.17) is 11.5 Å². The minimum absolute atomic E-state index is 0.0574. The van der Waals surface area contributed by atoms with Crippen LogP contribution in [0.1, 0.15) is 38.5 Å². The molecule has 0 aliphatic carbocycles.